The molecule has 2 fully saturated rings. The van der Waals surface area contributed by atoms with Crippen molar-refractivity contribution >= 4 is 48.2 Å². The maximum absolute atomic E-state index is 13.1. The number of aromatic nitrogens is 1. The number of methoxy groups -OCH3 is 1. The van der Waals surface area contributed by atoms with Crippen LogP contribution in [0.3, 0.4) is 0 Å². The van der Waals surface area contributed by atoms with Crippen molar-refractivity contribution in [2.75, 3.05) is 37.0 Å². The number of pyridine rings is 1. The molecular formula is C32H37Cl2F3N4O4. The van der Waals surface area contributed by atoms with E-state index in [4.69, 9.17) is 4.74 Å². The Kier molecular flexibility index (Phi) is 11.9. The molecule has 1 unspecified atom stereocenters. The van der Waals surface area contributed by atoms with Gasteiger partial charge in [-0.2, -0.15) is 13.2 Å². The average molecular weight is 670 g/mol. The van der Waals surface area contributed by atoms with Crippen LogP contribution in [0.1, 0.15) is 54.1 Å². The van der Waals surface area contributed by atoms with Gasteiger partial charge in [-0.05, 0) is 79.9 Å². The lowest BCUT2D eigenvalue weighted by Gasteiger charge is -2.38. The number of anilines is 2. The van der Waals surface area contributed by atoms with Crippen molar-refractivity contribution in [2.24, 2.45) is 0 Å². The number of nitrogens with zero attached hydrogens (tertiary/aromatic N) is 3. The molecule has 0 radical (unpaired) electrons. The zero-order valence-corrected chi connectivity index (χ0v) is 26.6. The fourth-order valence-electron chi connectivity index (χ4n) is 5.88. The number of nitrogens with one attached hydrogen (secondary N) is 1. The van der Waals surface area contributed by atoms with Crippen LogP contribution < -0.4 is 10.2 Å². The van der Waals surface area contributed by atoms with E-state index in [1.54, 1.807) is 24.4 Å². The number of likely N-dealkylation sites (tertiary alicyclic amines) is 1. The van der Waals surface area contributed by atoms with E-state index in [-0.39, 0.29) is 30.7 Å². The summed E-state index contributed by atoms with van der Waals surface area (Å²) < 4.78 is 44.7. The summed E-state index contributed by atoms with van der Waals surface area (Å²) in [5.41, 5.74) is 1.65. The van der Waals surface area contributed by atoms with E-state index in [1.807, 2.05) is 12.1 Å². The number of ether oxygens (including phenoxy) is 1. The minimum atomic E-state index is -4.42. The second kappa shape index (κ2) is 14.8. The number of carbonyl (C=O) groups excluding carboxylic acids is 1. The summed E-state index contributed by atoms with van der Waals surface area (Å²) in [6.07, 6.45) is 0.0452. The summed E-state index contributed by atoms with van der Waals surface area (Å²) >= 11 is 0. The Morgan fingerprint density at radius 3 is 2.22 bits per heavy atom. The van der Waals surface area contributed by atoms with Crippen molar-refractivity contribution in [3.05, 3.63) is 77.5 Å². The lowest BCUT2D eigenvalue weighted by Crippen LogP contribution is -2.50. The Labute approximate surface area is 272 Å². The number of aliphatic carboxylic acids is 1. The highest BCUT2D eigenvalue weighted by Crippen LogP contribution is 2.34. The van der Waals surface area contributed by atoms with E-state index in [2.05, 4.69) is 27.0 Å². The highest BCUT2D eigenvalue weighted by molar-refractivity contribution is 6.04. The van der Waals surface area contributed by atoms with Crippen LogP contribution >= 0.6 is 24.8 Å². The Bertz CT molecular complexity index is 1460. The average Bonchev–Trinajstić information content (AvgIpc) is 3.40. The quantitative estimate of drug-likeness (QED) is 0.269. The molecular weight excluding hydrogens is 632 g/mol. The Morgan fingerprint density at radius 2 is 1.69 bits per heavy atom. The third kappa shape index (κ3) is 8.07. The molecule has 2 N–H and O–H groups in total. The van der Waals surface area contributed by atoms with Crippen LogP contribution in [-0.4, -0.2) is 65.3 Å². The lowest BCUT2D eigenvalue weighted by atomic mass is 9.91. The summed E-state index contributed by atoms with van der Waals surface area (Å²) in [5.74, 6) is -0.947. The standard InChI is InChI=1S/C32H35F3N4O4.2ClH/c1-21-4-3-15-39(21)20-24-18-28(36-19-27(24)22-5-9-25(10-6-22)32(33,34)35)37-29(40)23-7-11-26(12-8-23)38-16-13-31(43-2,14-17-38)30(41)42;;/h5-12,18-19,21H,3-4,13-17,20H2,1-2H3,(H,41,42)(H,36,37,40);2*1H. The third-order valence-electron chi connectivity index (χ3n) is 8.66. The van der Waals surface area contributed by atoms with E-state index in [0.29, 0.717) is 55.5 Å². The first-order valence-electron chi connectivity index (χ1n) is 14.3. The van der Waals surface area contributed by atoms with Gasteiger partial charge in [-0.1, -0.05) is 12.1 Å². The second-order valence-corrected chi connectivity index (χ2v) is 11.3. The molecule has 1 atom stereocenters. The van der Waals surface area contributed by atoms with Crippen LogP contribution in [0.25, 0.3) is 11.1 Å². The smallest absolute Gasteiger partial charge is 0.416 e. The fraction of sp³-hybridized carbons (Fsp3) is 0.406. The summed E-state index contributed by atoms with van der Waals surface area (Å²) in [5, 5.41) is 12.4. The Hall–Kier alpha value is -3.38. The topological polar surface area (TPSA) is 95.0 Å². The van der Waals surface area contributed by atoms with Crippen molar-refractivity contribution in [1.29, 1.82) is 0 Å². The van der Waals surface area contributed by atoms with Crippen LogP contribution in [0.15, 0.2) is 60.8 Å². The molecule has 2 aromatic carbocycles. The summed E-state index contributed by atoms with van der Waals surface area (Å²) in [7, 11) is 1.42. The second-order valence-electron chi connectivity index (χ2n) is 11.3. The van der Waals surface area contributed by atoms with E-state index in [1.165, 1.54) is 19.2 Å². The van der Waals surface area contributed by atoms with Crippen LogP contribution in [0, 0.1) is 0 Å². The number of carbonyl (C=O) groups is 2. The Morgan fingerprint density at radius 1 is 1.04 bits per heavy atom. The van der Waals surface area contributed by atoms with E-state index >= 15 is 0 Å². The van der Waals surface area contributed by atoms with Crippen molar-refractivity contribution in [3.8, 4) is 11.1 Å². The number of benzene rings is 2. The molecule has 2 aliphatic heterocycles. The first-order chi connectivity index (χ1) is 20.5. The summed E-state index contributed by atoms with van der Waals surface area (Å²) in [6.45, 7) is 4.68. The van der Waals surface area contributed by atoms with Gasteiger partial charge in [0.2, 0.25) is 0 Å². The van der Waals surface area contributed by atoms with Gasteiger partial charge in [0, 0.05) is 68.6 Å². The van der Waals surface area contributed by atoms with Gasteiger partial charge in [-0.3, -0.25) is 9.69 Å². The molecule has 2 aliphatic rings. The van der Waals surface area contributed by atoms with E-state index in [9.17, 15) is 27.9 Å². The number of piperidine rings is 1. The molecule has 0 aliphatic carbocycles. The molecule has 244 valence electrons. The van der Waals surface area contributed by atoms with Gasteiger partial charge in [-0.15, -0.1) is 24.8 Å². The number of carboxylic acid groups (broad SMARTS) is 1. The molecule has 45 heavy (non-hydrogen) atoms. The zero-order valence-electron chi connectivity index (χ0n) is 25.0. The highest BCUT2D eigenvalue weighted by Gasteiger charge is 2.41. The van der Waals surface area contributed by atoms with E-state index in [0.717, 1.165) is 48.3 Å². The van der Waals surface area contributed by atoms with Crippen LogP contribution in [0.5, 0.6) is 0 Å². The first kappa shape index (κ1) is 36.1. The largest absolute Gasteiger partial charge is 0.479 e. The number of rotatable bonds is 8. The number of halogens is 5. The van der Waals surface area contributed by atoms with Gasteiger partial charge < -0.3 is 20.1 Å². The molecule has 0 bridgehead atoms. The molecule has 0 saturated carbocycles. The van der Waals surface area contributed by atoms with Gasteiger partial charge in [-0.25, -0.2) is 9.78 Å². The molecule has 5 rings (SSSR count). The van der Waals surface area contributed by atoms with Crippen LogP contribution in [0.4, 0.5) is 24.7 Å². The van der Waals surface area contributed by atoms with Crippen molar-refractivity contribution in [3.63, 3.8) is 0 Å². The number of carboxylic acids is 1. The molecule has 1 aromatic heterocycles. The summed E-state index contributed by atoms with van der Waals surface area (Å²) in [4.78, 5) is 33.6. The molecule has 1 amide bonds. The fourth-order valence-corrected chi connectivity index (χ4v) is 5.88. The predicted octanol–water partition coefficient (Wildman–Crippen LogP) is 6.92. The van der Waals surface area contributed by atoms with Crippen LogP contribution in [-0.2, 0) is 22.3 Å². The highest BCUT2D eigenvalue weighted by atomic mass is 35.5. The molecule has 3 aromatic rings. The van der Waals surface area contributed by atoms with Crippen molar-refractivity contribution in [1.82, 2.24) is 9.88 Å². The molecule has 0 spiro atoms. The third-order valence-corrected chi connectivity index (χ3v) is 8.66. The zero-order chi connectivity index (χ0) is 30.8. The Balaban J connectivity index is 0.00000276. The monoisotopic (exact) mass is 668 g/mol. The minimum Gasteiger partial charge on any atom is -0.479 e. The van der Waals surface area contributed by atoms with Crippen LogP contribution in [0.2, 0.25) is 0 Å². The molecule has 13 heteroatoms. The number of alkyl halides is 3. The molecule has 8 nitrogen and oxygen atoms in total. The van der Waals surface area contributed by atoms with Crippen molar-refractivity contribution < 1.29 is 32.6 Å². The first-order valence-corrected chi connectivity index (χ1v) is 14.3. The predicted molar refractivity (Wildman–Crippen MR) is 171 cm³/mol. The van der Waals surface area contributed by atoms with E-state index < -0.39 is 23.3 Å². The minimum absolute atomic E-state index is 0. The maximum atomic E-state index is 13.1. The van der Waals surface area contributed by atoms with Crippen molar-refractivity contribution in [2.45, 2.75) is 57.0 Å². The van der Waals surface area contributed by atoms with Gasteiger partial charge in [0.1, 0.15) is 5.82 Å². The van der Waals surface area contributed by atoms with Gasteiger partial charge in [0.15, 0.2) is 5.60 Å². The number of hydrogen-bond donors (Lipinski definition) is 2. The maximum Gasteiger partial charge on any atom is 0.416 e. The number of amides is 1. The molecule has 3 heterocycles. The van der Waals surface area contributed by atoms with Gasteiger partial charge >= 0.3 is 12.1 Å². The normalized spacial score (nSPS) is 18.1. The molecule has 2 saturated heterocycles. The summed E-state index contributed by atoms with van der Waals surface area (Å²) in [6, 6.07) is 14.3. The number of hydrogen-bond acceptors (Lipinski definition) is 6. The van der Waals surface area contributed by atoms with Gasteiger partial charge in [0.05, 0.1) is 5.56 Å². The van der Waals surface area contributed by atoms with Gasteiger partial charge in [0.25, 0.3) is 5.91 Å². The lowest BCUT2D eigenvalue weighted by molar-refractivity contribution is -0.164. The SMILES string of the molecule is COC1(C(=O)O)CCN(c2ccc(C(=O)Nc3cc(CN4CCCC4C)c(-c4ccc(C(F)(F)F)cc4)cn3)cc2)CC1.Cl.Cl.